The predicted molar refractivity (Wildman–Crippen MR) is 138 cm³/mol. The van der Waals surface area contributed by atoms with Crippen molar-refractivity contribution in [2.45, 2.75) is 18.7 Å². The predicted octanol–water partition coefficient (Wildman–Crippen LogP) is 6.12. The van der Waals surface area contributed by atoms with Gasteiger partial charge in [0.25, 0.3) is 5.91 Å². The molecule has 3 rings (SSSR count). The van der Waals surface area contributed by atoms with Gasteiger partial charge in [-0.2, -0.15) is 13.7 Å². The lowest BCUT2D eigenvalue weighted by molar-refractivity contribution is -0.112. The van der Waals surface area contributed by atoms with Gasteiger partial charge >= 0.3 is 10.1 Å². The van der Waals surface area contributed by atoms with E-state index >= 15 is 0 Å². The number of amides is 1. The zero-order chi connectivity index (χ0) is 25.6. The van der Waals surface area contributed by atoms with Crippen molar-refractivity contribution in [3.8, 4) is 17.6 Å². The summed E-state index contributed by atoms with van der Waals surface area (Å²) in [7, 11) is -4.14. The van der Waals surface area contributed by atoms with E-state index < -0.39 is 16.0 Å². The third-order valence-corrected chi connectivity index (χ3v) is 6.65. The molecule has 1 amide bonds. The SMILES string of the molecule is CCOc1cc(/C=C(\C#N)C(=O)Nc2cccc(Cl)c2)cc(Br)c1OS(=O)(=O)c1ccc(C)cc1. The van der Waals surface area contributed by atoms with Crippen LogP contribution in [-0.2, 0) is 14.9 Å². The molecule has 0 radical (unpaired) electrons. The Bertz CT molecular complexity index is 1430. The molecule has 0 aliphatic carbocycles. The van der Waals surface area contributed by atoms with Crippen LogP contribution in [0.2, 0.25) is 5.02 Å². The van der Waals surface area contributed by atoms with Crippen molar-refractivity contribution >= 4 is 55.3 Å². The molecular formula is C25H20BrClN2O5S. The van der Waals surface area contributed by atoms with E-state index in [0.717, 1.165) is 5.56 Å². The van der Waals surface area contributed by atoms with Gasteiger partial charge in [-0.05, 0) is 83.9 Å². The fourth-order valence-corrected chi connectivity index (χ4v) is 4.75. The maximum atomic E-state index is 12.8. The first-order chi connectivity index (χ1) is 16.6. The molecule has 1 N–H and O–H groups in total. The van der Waals surface area contributed by atoms with E-state index in [1.807, 2.05) is 13.0 Å². The summed E-state index contributed by atoms with van der Waals surface area (Å²) < 4.78 is 36.9. The number of hydrogen-bond donors (Lipinski definition) is 1. The molecule has 3 aromatic carbocycles. The number of nitrogens with zero attached hydrogens (tertiary/aromatic N) is 1. The van der Waals surface area contributed by atoms with Gasteiger partial charge in [0.1, 0.15) is 16.5 Å². The second-order valence-electron chi connectivity index (χ2n) is 7.25. The van der Waals surface area contributed by atoms with Crippen LogP contribution in [-0.4, -0.2) is 20.9 Å². The number of carbonyl (C=O) groups is 1. The molecule has 0 unspecified atom stereocenters. The van der Waals surface area contributed by atoms with Crippen LogP contribution in [0.15, 0.2) is 75.6 Å². The highest BCUT2D eigenvalue weighted by Crippen LogP contribution is 2.39. The first-order valence-electron chi connectivity index (χ1n) is 10.3. The highest BCUT2D eigenvalue weighted by molar-refractivity contribution is 9.10. The van der Waals surface area contributed by atoms with E-state index in [1.54, 1.807) is 43.3 Å². The van der Waals surface area contributed by atoms with E-state index in [0.29, 0.717) is 16.3 Å². The van der Waals surface area contributed by atoms with Gasteiger partial charge in [-0.1, -0.05) is 35.4 Å². The van der Waals surface area contributed by atoms with Crippen molar-refractivity contribution in [3.05, 3.63) is 86.9 Å². The number of benzene rings is 3. The molecule has 0 heterocycles. The maximum absolute atomic E-state index is 12.8. The van der Waals surface area contributed by atoms with Gasteiger partial charge in [0.15, 0.2) is 11.5 Å². The zero-order valence-electron chi connectivity index (χ0n) is 18.7. The quantitative estimate of drug-likeness (QED) is 0.197. The molecular weight excluding hydrogens is 556 g/mol. The van der Waals surface area contributed by atoms with E-state index in [9.17, 15) is 18.5 Å². The molecule has 3 aromatic rings. The van der Waals surface area contributed by atoms with Crippen molar-refractivity contribution in [1.82, 2.24) is 0 Å². The Morgan fingerprint density at radius 2 is 1.89 bits per heavy atom. The molecule has 0 saturated carbocycles. The second kappa shape index (κ2) is 11.4. The van der Waals surface area contributed by atoms with Crippen LogP contribution < -0.4 is 14.2 Å². The molecule has 7 nitrogen and oxygen atoms in total. The third kappa shape index (κ3) is 6.85. The Kier molecular flexibility index (Phi) is 8.57. The molecule has 0 aromatic heterocycles. The Morgan fingerprint density at radius 1 is 1.17 bits per heavy atom. The van der Waals surface area contributed by atoms with Gasteiger partial charge in [0.2, 0.25) is 0 Å². The van der Waals surface area contributed by atoms with E-state index in [4.69, 9.17) is 20.5 Å². The number of aryl methyl sites for hydroxylation is 1. The highest BCUT2D eigenvalue weighted by Gasteiger charge is 2.22. The average Bonchev–Trinajstić information content (AvgIpc) is 2.80. The number of halogens is 2. The minimum absolute atomic E-state index is 0.00845. The standard InChI is InChI=1S/C25H20BrClN2O5S/c1-3-33-23-13-17(11-18(15-28)25(30)29-20-6-4-5-19(27)14-20)12-22(26)24(23)34-35(31,32)21-9-7-16(2)8-10-21/h4-14H,3H2,1-2H3,(H,29,30)/b18-11+. The van der Waals surface area contributed by atoms with Crippen molar-refractivity contribution < 1.29 is 22.1 Å². The molecule has 0 saturated heterocycles. The summed E-state index contributed by atoms with van der Waals surface area (Å²) in [5.74, 6) is -0.561. The van der Waals surface area contributed by atoms with Crippen LogP contribution in [0.4, 0.5) is 5.69 Å². The zero-order valence-corrected chi connectivity index (χ0v) is 21.9. The highest BCUT2D eigenvalue weighted by atomic mass is 79.9. The van der Waals surface area contributed by atoms with Crippen LogP contribution in [0.1, 0.15) is 18.1 Å². The fourth-order valence-electron chi connectivity index (χ4n) is 2.96. The summed E-state index contributed by atoms with van der Waals surface area (Å²) in [4.78, 5) is 12.6. The number of hydrogen-bond acceptors (Lipinski definition) is 6. The largest absolute Gasteiger partial charge is 0.490 e. The van der Waals surface area contributed by atoms with Gasteiger partial charge in [0, 0.05) is 10.7 Å². The maximum Gasteiger partial charge on any atom is 0.339 e. The van der Waals surface area contributed by atoms with Gasteiger partial charge in [-0.15, -0.1) is 0 Å². The minimum Gasteiger partial charge on any atom is -0.490 e. The lowest BCUT2D eigenvalue weighted by atomic mass is 10.1. The normalized spacial score (nSPS) is 11.5. The van der Waals surface area contributed by atoms with E-state index in [2.05, 4.69) is 21.2 Å². The minimum atomic E-state index is -4.14. The summed E-state index contributed by atoms with van der Waals surface area (Å²) >= 11 is 9.26. The second-order valence-corrected chi connectivity index (χ2v) is 10.1. The van der Waals surface area contributed by atoms with Crippen LogP contribution in [0.25, 0.3) is 6.08 Å². The van der Waals surface area contributed by atoms with Gasteiger partial charge < -0.3 is 14.2 Å². The molecule has 0 spiro atoms. The number of rotatable bonds is 8. The molecule has 180 valence electrons. The summed E-state index contributed by atoms with van der Waals surface area (Å²) in [6.45, 7) is 3.80. The molecule has 0 aliphatic rings. The molecule has 10 heteroatoms. The van der Waals surface area contributed by atoms with Crippen LogP contribution >= 0.6 is 27.5 Å². The summed E-state index contributed by atoms with van der Waals surface area (Å²) in [5, 5.41) is 12.6. The Morgan fingerprint density at radius 3 is 2.51 bits per heavy atom. The monoisotopic (exact) mass is 574 g/mol. The summed E-state index contributed by atoms with van der Waals surface area (Å²) in [6, 6.07) is 17.6. The Labute approximate surface area is 217 Å². The molecule has 0 fully saturated rings. The topological polar surface area (TPSA) is 105 Å². The number of carbonyl (C=O) groups excluding carboxylic acids is 1. The van der Waals surface area contributed by atoms with Crippen molar-refractivity contribution in [2.24, 2.45) is 0 Å². The summed E-state index contributed by atoms with van der Waals surface area (Å²) in [5.41, 5.74) is 1.58. The Hall–Kier alpha value is -3.32. The van der Waals surface area contributed by atoms with Crippen LogP contribution in [0, 0.1) is 18.3 Å². The van der Waals surface area contributed by atoms with Crippen LogP contribution in [0.5, 0.6) is 11.5 Å². The summed E-state index contributed by atoms with van der Waals surface area (Å²) in [6.07, 6.45) is 1.35. The molecule has 0 atom stereocenters. The lowest BCUT2D eigenvalue weighted by Gasteiger charge is -2.15. The number of nitriles is 1. The van der Waals surface area contributed by atoms with E-state index in [-0.39, 0.29) is 33.0 Å². The fraction of sp³-hybridized carbons (Fsp3) is 0.120. The van der Waals surface area contributed by atoms with Gasteiger partial charge in [0.05, 0.1) is 11.1 Å². The number of nitrogens with one attached hydrogen (secondary N) is 1. The first-order valence-corrected chi connectivity index (χ1v) is 12.9. The van der Waals surface area contributed by atoms with Crippen molar-refractivity contribution in [3.63, 3.8) is 0 Å². The van der Waals surface area contributed by atoms with Crippen molar-refractivity contribution in [2.75, 3.05) is 11.9 Å². The average molecular weight is 576 g/mol. The first kappa shape index (κ1) is 26.3. The van der Waals surface area contributed by atoms with Gasteiger partial charge in [-0.25, -0.2) is 0 Å². The molecule has 0 bridgehead atoms. The lowest BCUT2D eigenvalue weighted by Crippen LogP contribution is -2.13. The van der Waals surface area contributed by atoms with Crippen LogP contribution in [0.3, 0.4) is 0 Å². The van der Waals surface area contributed by atoms with Gasteiger partial charge in [-0.3, -0.25) is 4.79 Å². The third-order valence-electron chi connectivity index (χ3n) is 4.59. The van der Waals surface area contributed by atoms with E-state index in [1.165, 1.54) is 30.3 Å². The molecule has 0 aliphatic heterocycles. The van der Waals surface area contributed by atoms with Crippen molar-refractivity contribution in [1.29, 1.82) is 5.26 Å². The molecule has 35 heavy (non-hydrogen) atoms. The smallest absolute Gasteiger partial charge is 0.339 e. The Balaban J connectivity index is 1.94. The number of ether oxygens (including phenoxy) is 1. The number of anilines is 1.